The van der Waals surface area contributed by atoms with Gasteiger partial charge in [0.25, 0.3) is 11.8 Å². The van der Waals surface area contributed by atoms with E-state index < -0.39 is 0 Å². The van der Waals surface area contributed by atoms with Crippen LogP contribution in [0.5, 0.6) is 11.5 Å². The van der Waals surface area contributed by atoms with Gasteiger partial charge < -0.3 is 20.1 Å². The molecular formula is C18H18N2O4. The molecule has 1 aliphatic rings. The lowest BCUT2D eigenvalue weighted by Crippen LogP contribution is -2.27. The number of ether oxygens (including phenoxy) is 2. The summed E-state index contributed by atoms with van der Waals surface area (Å²) in [6.07, 6.45) is -0.00826. The van der Waals surface area contributed by atoms with Crippen LogP contribution < -0.4 is 20.1 Å². The maximum Gasteiger partial charge on any atom is 0.262 e. The lowest BCUT2D eigenvalue weighted by atomic mass is 10.1. The maximum absolute atomic E-state index is 12.6. The van der Waals surface area contributed by atoms with E-state index in [-0.39, 0.29) is 24.5 Å². The molecule has 0 spiro atoms. The number of carbonyl (C=O) groups excluding carboxylic acids is 2. The molecule has 1 aliphatic heterocycles. The average Bonchev–Trinajstić information content (AvgIpc) is 2.55. The highest BCUT2D eigenvalue weighted by Crippen LogP contribution is 2.33. The number of rotatable bonds is 4. The fraction of sp³-hybridized carbons (Fsp3) is 0.222. The second-order valence-corrected chi connectivity index (χ2v) is 5.64. The van der Waals surface area contributed by atoms with Crippen molar-refractivity contribution in [3.8, 4) is 11.5 Å². The first-order chi connectivity index (χ1) is 11.5. The minimum atomic E-state index is -0.331. The van der Waals surface area contributed by atoms with Crippen molar-refractivity contribution in [2.45, 2.75) is 20.0 Å². The molecule has 6 heteroatoms. The lowest BCUT2D eigenvalue weighted by Gasteiger charge is -2.20. The van der Waals surface area contributed by atoms with Crippen LogP contribution in [0.3, 0.4) is 0 Å². The molecule has 2 amide bonds. The van der Waals surface area contributed by atoms with Crippen molar-refractivity contribution in [3.63, 3.8) is 0 Å². The summed E-state index contributed by atoms with van der Waals surface area (Å²) in [6.45, 7) is 3.73. The summed E-state index contributed by atoms with van der Waals surface area (Å²) in [5.41, 5.74) is 1.42. The van der Waals surface area contributed by atoms with Crippen LogP contribution in [0.1, 0.15) is 24.2 Å². The number of benzene rings is 2. The lowest BCUT2D eigenvalue weighted by molar-refractivity contribution is -0.118. The van der Waals surface area contributed by atoms with Gasteiger partial charge in [0.2, 0.25) is 0 Å². The van der Waals surface area contributed by atoms with Crippen LogP contribution in [-0.2, 0) is 4.79 Å². The molecule has 0 radical (unpaired) electrons. The molecule has 2 N–H and O–H groups in total. The summed E-state index contributed by atoms with van der Waals surface area (Å²) in [7, 11) is 0. The summed E-state index contributed by atoms with van der Waals surface area (Å²) >= 11 is 0. The van der Waals surface area contributed by atoms with Crippen LogP contribution >= 0.6 is 0 Å². The maximum atomic E-state index is 12.6. The van der Waals surface area contributed by atoms with E-state index in [1.807, 2.05) is 26.0 Å². The van der Waals surface area contributed by atoms with E-state index in [2.05, 4.69) is 10.6 Å². The number of nitrogens with one attached hydrogen (secondary N) is 2. The minimum absolute atomic E-state index is 0.00826. The highest BCUT2D eigenvalue weighted by Gasteiger charge is 2.23. The predicted molar refractivity (Wildman–Crippen MR) is 90.7 cm³/mol. The van der Waals surface area contributed by atoms with Gasteiger partial charge in [0.1, 0.15) is 5.75 Å². The van der Waals surface area contributed by atoms with E-state index in [9.17, 15) is 9.59 Å². The summed E-state index contributed by atoms with van der Waals surface area (Å²) in [5.74, 6) is 0.398. The van der Waals surface area contributed by atoms with Gasteiger partial charge in [-0.25, -0.2) is 0 Å². The molecule has 0 aromatic heterocycles. The standard InChI is InChI=1S/C18H18N2O4/c1-11(2)24-15-9-4-3-7-13(15)20-18(22)12-6-5-8-14-17(12)23-10-16(21)19-14/h3-9,11H,10H2,1-2H3,(H,19,21)(H,20,22). The van der Waals surface area contributed by atoms with Crippen molar-refractivity contribution in [2.24, 2.45) is 0 Å². The third kappa shape index (κ3) is 3.32. The Balaban J connectivity index is 1.87. The molecule has 1 heterocycles. The third-order valence-corrected chi connectivity index (χ3v) is 3.38. The van der Waals surface area contributed by atoms with Crippen molar-refractivity contribution in [2.75, 3.05) is 17.2 Å². The highest BCUT2D eigenvalue weighted by molar-refractivity contribution is 6.09. The monoisotopic (exact) mass is 326 g/mol. The Bertz CT molecular complexity index is 786. The molecule has 0 atom stereocenters. The first-order valence-electron chi connectivity index (χ1n) is 7.67. The molecule has 2 aromatic carbocycles. The topological polar surface area (TPSA) is 76.7 Å². The number of fused-ring (bicyclic) bond motifs is 1. The Labute approximate surface area is 139 Å². The van der Waals surface area contributed by atoms with E-state index >= 15 is 0 Å². The summed E-state index contributed by atoms with van der Waals surface area (Å²) < 4.78 is 11.1. The Morgan fingerprint density at radius 2 is 2.00 bits per heavy atom. The number of anilines is 2. The van der Waals surface area contributed by atoms with Gasteiger partial charge in [0.15, 0.2) is 12.4 Å². The Morgan fingerprint density at radius 1 is 1.21 bits per heavy atom. The van der Waals surface area contributed by atoms with E-state index in [4.69, 9.17) is 9.47 Å². The number of hydrogen-bond donors (Lipinski definition) is 2. The molecule has 24 heavy (non-hydrogen) atoms. The van der Waals surface area contributed by atoms with E-state index in [1.54, 1.807) is 30.3 Å². The smallest absolute Gasteiger partial charge is 0.262 e. The highest BCUT2D eigenvalue weighted by atomic mass is 16.5. The second kappa shape index (κ2) is 6.62. The molecule has 0 aliphatic carbocycles. The Kier molecular flexibility index (Phi) is 4.37. The molecule has 0 fully saturated rings. The minimum Gasteiger partial charge on any atom is -0.489 e. The van der Waals surface area contributed by atoms with Crippen LogP contribution in [0.25, 0.3) is 0 Å². The van der Waals surface area contributed by atoms with Gasteiger partial charge in [-0.3, -0.25) is 9.59 Å². The molecule has 0 saturated heterocycles. The van der Waals surface area contributed by atoms with Gasteiger partial charge in [0.05, 0.1) is 23.0 Å². The van der Waals surface area contributed by atoms with Gasteiger partial charge in [0, 0.05) is 0 Å². The zero-order valence-electron chi connectivity index (χ0n) is 13.5. The van der Waals surface area contributed by atoms with E-state index in [1.165, 1.54) is 0 Å². The van der Waals surface area contributed by atoms with Gasteiger partial charge in [-0.1, -0.05) is 18.2 Å². The largest absolute Gasteiger partial charge is 0.489 e. The number of amides is 2. The van der Waals surface area contributed by atoms with Crippen LogP contribution in [0.15, 0.2) is 42.5 Å². The number of hydrogen-bond acceptors (Lipinski definition) is 4. The first-order valence-corrected chi connectivity index (χ1v) is 7.67. The van der Waals surface area contributed by atoms with Crippen molar-refractivity contribution in [3.05, 3.63) is 48.0 Å². The van der Waals surface area contributed by atoms with Gasteiger partial charge in [-0.15, -0.1) is 0 Å². The molecule has 0 bridgehead atoms. The average molecular weight is 326 g/mol. The molecule has 2 aromatic rings. The van der Waals surface area contributed by atoms with Crippen LogP contribution in [0.4, 0.5) is 11.4 Å². The van der Waals surface area contributed by atoms with Gasteiger partial charge >= 0.3 is 0 Å². The predicted octanol–water partition coefficient (Wildman–Crippen LogP) is 3.06. The van der Waals surface area contributed by atoms with Gasteiger partial charge in [-0.05, 0) is 38.1 Å². The van der Waals surface area contributed by atoms with E-state index in [0.717, 1.165) is 0 Å². The number of para-hydroxylation sites is 3. The van der Waals surface area contributed by atoms with E-state index in [0.29, 0.717) is 28.4 Å². The van der Waals surface area contributed by atoms with Crippen LogP contribution in [-0.4, -0.2) is 24.5 Å². The normalized spacial score (nSPS) is 12.9. The molecule has 124 valence electrons. The first kappa shape index (κ1) is 15.9. The van der Waals surface area contributed by atoms with Crippen LogP contribution in [0, 0.1) is 0 Å². The third-order valence-electron chi connectivity index (χ3n) is 3.38. The summed E-state index contributed by atoms with van der Waals surface area (Å²) in [6, 6.07) is 12.3. The zero-order chi connectivity index (χ0) is 17.1. The molecular weight excluding hydrogens is 308 g/mol. The Morgan fingerprint density at radius 3 is 2.79 bits per heavy atom. The fourth-order valence-electron chi connectivity index (χ4n) is 2.41. The zero-order valence-corrected chi connectivity index (χ0v) is 13.5. The van der Waals surface area contributed by atoms with Crippen molar-refractivity contribution in [1.29, 1.82) is 0 Å². The fourth-order valence-corrected chi connectivity index (χ4v) is 2.41. The van der Waals surface area contributed by atoms with Crippen molar-refractivity contribution >= 4 is 23.2 Å². The quantitative estimate of drug-likeness (QED) is 0.905. The molecule has 6 nitrogen and oxygen atoms in total. The number of carbonyl (C=O) groups is 2. The van der Waals surface area contributed by atoms with Crippen LogP contribution in [0.2, 0.25) is 0 Å². The Hall–Kier alpha value is -3.02. The second-order valence-electron chi connectivity index (χ2n) is 5.64. The van der Waals surface area contributed by atoms with Gasteiger partial charge in [-0.2, -0.15) is 0 Å². The summed E-state index contributed by atoms with van der Waals surface area (Å²) in [4.78, 5) is 24.0. The molecule has 3 rings (SSSR count). The van der Waals surface area contributed by atoms with Crippen molar-refractivity contribution < 1.29 is 19.1 Å². The van der Waals surface area contributed by atoms with Crippen molar-refractivity contribution in [1.82, 2.24) is 0 Å². The summed E-state index contributed by atoms with van der Waals surface area (Å²) in [5, 5.41) is 5.52. The SMILES string of the molecule is CC(C)Oc1ccccc1NC(=O)c1cccc2c1OCC(=O)N2. The molecule has 0 unspecified atom stereocenters. The molecule has 0 saturated carbocycles.